The van der Waals surface area contributed by atoms with Gasteiger partial charge in [0, 0.05) is 49.2 Å². The third-order valence-electron chi connectivity index (χ3n) is 3.08. The summed E-state index contributed by atoms with van der Waals surface area (Å²) in [4.78, 5) is 10.9. The average molecular weight is 305 g/mol. The first-order valence-electron chi connectivity index (χ1n) is 7.04. The third kappa shape index (κ3) is 4.99. The molecule has 4 nitrogen and oxygen atoms in total. The van der Waals surface area contributed by atoms with E-state index < -0.39 is 0 Å². The maximum Gasteiger partial charge on any atom is 0.225 e. The monoisotopic (exact) mass is 304 g/mol. The molecule has 0 saturated carbocycles. The first kappa shape index (κ1) is 15.7. The molecule has 0 aliphatic carbocycles. The third-order valence-corrected chi connectivity index (χ3v) is 3.33. The Hall–Kier alpha value is -1.65. The fraction of sp³-hybridized carbons (Fsp3) is 0.375. The molecule has 1 N–H and O–H groups in total. The summed E-state index contributed by atoms with van der Waals surface area (Å²) < 4.78 is 0. The van der Waals surface area contributed by atoms with Crippen molar-refractivity contribution in [2.24, 2.45) is 0 Å². The van der Waals surface area contributed by atoms with Crippen molar-refractivity contribution in [3.05, 3.63) is 52.8 Å². The van der Waals surface area contributed by atoms with Crippen LogP contribution in [0.2, 0.25) is 5.02 Å². The van der Waals surface area contributed by atoms with E-state index in [9.17, 15) is 0 Å². The summed E-state index contributed by atoms with van der Waals surface area (Å²) in [7, 11) is 1.98. The Morgan fingerprint density at radius 1 is 1.10 bits per heavy atom. The minimum Gasteiger partial charge on any atom is -0.340 e. The molecule has 0 amide bonds. The quantitative estimate of drug-likeness (QED) is 0.889. The van der Waals surface area contributed by atoms with Crippen LogP contribution in [0.15, 0.2) is 36.7 Å². The zero-order valence-electron chi connectivity index (χ0n) is 12.7. The van der Waals surface area contributed by atoms with Crippen LogP contribution in [0.5, 0.6) is 0 Å². The molecule has 0 aliphatic rings. The van der Waals surface area contributed by atoms with E-state index in [1.165, 1.54) is 5.56 Å². The Labute approximate surface area is 131 Å². The Balaban J connectivity index is 1.96. The molecule has 0 fully saturated rings. The van der Waals surface area contributed by atoms with Gasteiger partial charge in [0.25, 0.3) is 0 Å². The molecule has 2 rings (SSSR count). The van der Waals surface area contributed by atoms with Crippen molar-refractivity contribution in [2.75, 3.05) is 11.9 Å². The van der Waals surface area contributed by atoms with E-state index in [1.807, 2.05) is 48.6 Å². The van der Waals surface area contributed by atoms with Gasteiger partial charge in [-0.25, -0.2) is 9.97 Å². The molecule has 0 aliphatic heterocycles. The molecule has 21 heavy (non-hydrogen) atoms. The number of benzene rings is 1. The van der Waals surface area contributed by atoms with Gasteiger partial charge in [0.15, 0.2) is 0 Å². The van der Waals surface area contributed by atoms with Gasteiger partial charge in [-0.05, 0) is 17.7 Å². The van der Waals surface area contributed by atoms with Gasteiger partial charge < -0.3 is 10.2 Å². The second kappa shape index (κ2) is 7.38. The van der Waals surface area contributed by atoms with Crippen LogP contribution in [-0.4, -0.2) is 23.1 Å². The number of rotatable bonds is 6. The Bertz CT molecular complexity index is 551. The predicted octanol–water partition coefficient (Wildman–Crippen LogP) is 3.26. The molecule has 112 valence electrons. The molecule has 2 aromatic rings. The van der Waals surface area contributed by atoms with Gasteiger partial charge in [-0.1, -0.05) is 37.6 Å². The minimum atomic E-state index is 0.456. The first-order valence-corrected chi connectivity index (χ1v) is 7.42. The van der Waals surface area contributed by atoms with E-state index in [-0.39, 0.29) is 0 Å². The lowest BCUT2D eigenvalue weighted by atomic mass is 10.2. The second-order valence-electron chi connectivity index (χ2n) is 5.41. The normalized spacial score (nSPS) is 10.9. The lowest BCUT2D eigenvalue weighted by molar-refractivity contribution is 0.586. The highest BCUT2D eigenvalue weighted by atomic mass is 35.5. The van der Waals surface area contributed by atoms with Crippen LogP contribution in [0, 0.1) is 0 Å². The van der Waals surface area contributed by atoms with Crippen molar-refractivity contribution < 1.29 is 0 Å². The lowest BCUT2D eigenvalue weighted by Gasteiger charge is -2.17. The maximum absolute atomic E-state index is 5.89. The summed E-state index contributed by atoms with van der Waals surface area (Å²) in [6, 6.07) is 8.27. The topological polar surface area (TPSA) is 41.1 Å². The Kier molecular flexibility index (Phi) is 5.53. The summed E-state index contributed by atoms with van der Waals surface area (Å²) in [6.07, 6.45) is 3.74. The van der Waals surface area contributed by atoms with Crippen LogP contribution in [0.25, 0.3) is 0 Å². The van der Waals surface area contributed by atoms with Gasteiger partial charge in [-0.3, -0.25) is 0 Å². The SMILES string of the molecule is CC(C)NCc1cnc(N(C)Cc2ccc(Cl)cc2)nc1. The maximum atomic E-state index is 5.89. The summed E-state index contributed by atoms with van der Waals surface area (Å²) in [5, 5.41) is 4.10. The van der Waals surface area contributed by atoms with Crippen LogP contribution < -0.4 is 10.2 Å². The fourth-order valence-electron chi connectivity index (χ4n) is 1.89. The summed E-state index contributed by atoms with van der Waals surface area (Å²) >= 11 is 5.89. The van der Waals surface area contributed by atoms with E-state index in [0.717, 1.165) is 29.6 Å². The summed E-state index contributed by atoms with van der Waals surface area (Å²) in [6.45, 7) is 5.78. The van der Waals surface area contributed by atoms with Gasteiger partial charge in [0.1, 0.15) is 0 Å². The average Bonchev–Trinajstić information content (AvgIpc) is 2.48. The molecule has 1 heterocycles. The van der Waals surface area contributed by atoms with Gasteiger partial charge in [0.2, 0.25) is 5.95 Å². The molecular weight excluding hydrogens is 284 g/mol. The highest BCUT2D eigenvalue weighted by Gasteiger charge is 2.05. The molecule has 0 atom stereocenters. The summed E-state index contributed by atoms with van der Waals surface area (Å²) in [5.74, 6) is 0.721. The van der Waals surface area contributed by atoms with Crippen molar-refractivity contribution in [3.8, 4) is 0 Å². The first-order chi connectivity index (χ1) is 10.0. The summed E-state index contributed by atoms with van der Waals surface area (Å²) in [5.41, 5.74) is 2.27. The zero-order chi connectivity index (χ0) is 15.2. The van der Waals surface area contributed by atoms with Crippen LogP contribution >= 0.6 is 11.6 Å². The highest BCUT2D eigenvalue weighted by molar-refractivity contribution is 6.30. The molecule has 5 heteroatoms. The fourth-order valence-corrected chi connectivity index (χ4v) is 2.02. The molecule has 0 saturated heterocycles. The predicted molar refractivity (Wildman–Crippen MR) is 87.6 cm³/mol. The van der Waals surface area contributed by atoms with Gasteiger partial charge >= 0.3 is 0 Å². The highest BCUT2D eigenvalue weighted by Crippen LogP contribution is 2.13. The van der Waals surface area contributed by atoms with Crippen molar-refractivity contribution in [3.63, 3.8) is 0 Å². The van der Waals surface area contributed by atoms with E-state index in [4.69, 9.17) is 11.6 Å². The molecule has 0 radical (unpaired) electrons. The number of aromatic nitrogens is 2. The smallest absolute Gasteiger partial charge is 0.225 e. The van der Waals surface area contributed by atoms with Crippen LogP contribution in [0.3, 0.4) is 0 Å². The number of hydrogen-bond acceptors (Lipinski definition) is 4. The largest absolute Gasteiger partial charge is 0.340 e. The number of nitrogens with zero attached hydrogens (tertiary/aromatic N) is 3. The number of halogens is 1. The van der Waals surface area contributed by atoms with Gasteiger partial charge in [-0.2, -0.15) is 0 Å². The van der Waals surface area contributed by atoms with Crippen LogP contribution in [0.4, 0.5) is 5.95 Å². The van der Waals surface area contributed by atoms with E-state index in [0.29, 0.717) is 6.04 Å². The zero-order valence-corrected chi connectivity index (χ0v) is 13.4. The number of hydrogen-bond donors (Lipinski definition) is 1. The molecule has 0 spiro atoms. The van der Waals surface area contributed by atoms with Crippen molar-refractivity contribution in [1.82, 2.24) is 15.3 Å². The van der Waals surface area contributed by atoms with E-state index in [1.54, 1.807) is 0 Å². The van der Waals surface area contributed by atoms with E-state index >= 15 is 0 Å². The minimum absolute atomic E-state index is 0.456. The standard InChI is InChI=1S/C16H21ClN4/c1-12(2)18-8-14-9-19-16(20-10-14)21(3)11-13-4-6-15(17)7-5-13/h4-7,9-10,12,18H,8,11H2,1-3H3. The van der Waals surface area contributed by atoms with Gasteiger partial charge in [0.05, 0.1) is 0 Å². The van der Waals surface area contributed by atoms with Crippen LogP contribution in [0.1, 0.15) is 25.0 Å². The lowest BCUT2D eigenvalue weighted by Crippen LogP contribution is -2.23. The van der Waals surface area contributed by atoms with Crippen molar-refractivity contribution in [2.45, 2.75) is 33.0 Å². The Morgan fingerprint density at radius 2 is 1.71 bits per heavy atom. The number of nitrogens with one attached hydrogen (secondary N) is 1. The van der Waals surface area contributed by atoms with Crippen LogP contribution in [-0.2, 0) is 13.1 Å². The van der Waals surface area contributed by atoms with Crippen molar-refractivity contribution >= 4 is 17.5 Å². The second-order valence-corrected chi connectivity index (χ2v) is 5.85. The molecule has 0 bridgehead atoms. The Morgan fingerprint density at radius 3 is 2.29 bits per heavy atom. The number of anilines is 1. The van der Waals surface area contributed by atoms with Gasteiger partial charge in [-0.15, -0.1) is 0 Å². The molecule has 1 aromatic carbocycles. The molecular formula is C16H21ClN4. The molecule has 0 unspecified atom stereocenters. The van der Waals surface area contributed by atoms with E-state index in [2.05, 4.69) is 29.1 Å². The van der Waals surface area contributed by atoms with Crippen molar-refractivity contribution in [1.29, 1.82) is 0 Å². The molecule has 1 aromatic heterocycles.